The van der Waals surface area contributed by atoms with E-state index in [1.54, 1.807) is 6.07 Å². The molecule has 1 aromatic carbocycles. The van der Waals surface area contributed by atoms with Crippen LogP contribution >= 0.6 is 0 Å². The van der Waals surface area contributed by atoms with E-state index in [0.717, 1.165) is 0 Å². The highest BCUT2D eigenvalue weighted by molar-refractivity contribution is 5.60. The minimum Gasteiger partial charge on any atom is -0.497 e. The van der Waals surface area contributed by atoms with Gasteiger partial charge in [-0.25, -0.2) is 9.37 Å². The van der Waals surface area contributed by atoms with Crippen molar-refractivity contribution in [2.24, 2.45) is 0 Å². The second-order valence-electron chi connectivity index (χ2n) is 3.14. The lowest BCUT2D eigenvalue weighted by Crippen LogP contribution is -2.05. The van der Waals surface area contributed by atoms with Crippen molar-refractivity contribution in [1.82, 2.24) is 9.97 Å². The number of halogens is 1. The Labute approximate surface area is 90.7 Å². The maximum absolute atomic E-state index is 13.6. The van der Waals surface area contributed by atoms with E-state index in [1.165, 1.54) is 31.6 Å². The van der Waals surface area contributed by atoms with Gasteiger partial charge < -0.3 is 9.72 Å². The van der Waals surface area contributed by atoms with E-state index in [4.69, 9.17) is 4.74 Å². The molecule has 5 heteroatoms. The molecule has 0 aliphatic rings. The summed E-state index contributed by atoms with van der Waals surface area (Å²) in [6.45, 7) is 0. The lowest BCUT2D eigenvalue weighted by atomic mass is 10.1. The number of hydrogen-bond donors (Lipinski definition) is 1. The summed E-state index contributed by atoms with van der Waals surface area (Å²) in [7, 11) is 1.46. The molecule has 1 aromatic heterocycles. The van der Waals surface area contributed by atoms with Gasteiger partial charge in [0.25, 0.3) is 5.56 Å². The molecule has 0 amide bonds. The van der Waals surface area contributed by atoms with Crippen LogP contribution in [0.5, 0.6) is 5.75 Å². The molecule has 0 saturated carbocycles. The monoisotopic (exact) mass is 220 g/mol. The molecule has 2 rings (SSSR count). The Morgan fingerprint density at radius 2 is 2.19 bits per heavy atom. The van der Waals surface area contributed by atoms with Crippen molar-refractivity contribution in [1.29, 1.82) is 0 Å². The number of benzene rings is 1. The molecular formula is C11H9FN2O2. The van der Waals surface area contributed by atoms with Gasteiger partial charge in [0, 0.05) is 17.7 Å². The molecule has 16 heavy (non-hydrogen) atoms. The van der Waals surface area contributed by atoms with Gasteiger partial charge in [-0.2, -0.15) is 0 Å². The Balaban J connectivity index is 2.52. The van der Waals surface area contributed by atoms with Crippen molar-refractivity contribution in [3.8, 4) is 17.0 Å². The highest BCUT2D eigenvalue weighted by Gasteiger charge is 2.07. The van der Waals surface area contributed by atoms with Crippen molar-refractivity contribution in [3.05, 3.63) is 46.8 Å². The summed E-state index contributed by atoms with van der Waals surface area (Å²) in [6.07, 6.45) is 1.24. The summed E-state index contributed by atoms with van der Waals surface area (Å²) in [4.78, 5) is 17.3. The zero-order valence-electron chi connectivity index (χ0n) is 8.53. The molecule has 82 valence electrons. The largest absolute Gasteiger partial charge is 0.497 e. The fourth-order valence-electron chi connectivity index (χ4n) is 1.35. The average molecular weight is 220 g/mol. The molecule has 4 nitrogen and oxygen atoms in total. The van der Waals surface area contributed by atoms with Gasteiger partial charge in [0.15, 0.2) is 0 Å². The van der Waals surface area contributed by atoms with Crippen LogP contribution in [-0.4, -0.2) is 17.1 Å². The third-order valence-electron chi connectivity index (χ3n) is 2.13. The van der Waals surface area contributed by atoms with E-state index in [9.17, 15) is 9.18 Å². The molecule has 0 fully saturated rings. The lowest BCUT2D eigenvalue weighted by molar-refractivity contribution is 0.411. The van der Waals surface area contributed by atoms with Crippen LogP contribution in [0.3, 0.4) is 0 Å². The van der Waals surface area contributed by atoms with Crippen LogP contribution in [0.15, 0.2) is 35.4 Å². The summed E-state index contributed by atoms with van der Waals surface area (Å²) in [5.41, 5.74) is 0.246. The lowest BCUT2D eigenvalue weighted by Gasteiger charge is -2.04. The summed E-state index contributed by atoms with van der Waals surface area (Å²) in [6, 6.07) is 5.63. The standard InChI is InChI=1S/C11H9FN2O2/c1-16-7-2-3-8(9(12)4-7)10-5-11(15)14-6-13-10/h2-6H,1H3,(H,13,14,15). The van der Waals surface area contributed by atoms with Crippen LogP contribution in [0.2, 0.25) is 0 Å². The molecule has 0 aliphatic heterocycles. The fourth-order valence-corrected chi connectivity index (χ4v) is 1.35. The van der Waals surface area contributed by atoms with E-state index in [0.29, 0.717) is 11.4 Å². The van der Waals surface area contributed by atoms with Crippen LogP contribution in [0.4, 0.5) is 4.39 Å². The summed E-state index contributed by atoms with van der Waals surface area (Å²) in [5.74, 6) is -0.0523. The number of H-pyrrole nitrogens is 1. The van der Waals surface area contributed by atoms with Crippen LogP contribution < -0.4 is 10.3 Å². The van der Waals surface area contributed by atoms with Crippen LogP contribution in [0, 0.1) is 5.82 Å². The number of rotatable bonds is 2. The van der Waals surface area contributed by atoms with E-state index >= 15 is 0 Å². The third kappa shape index (κ3) is 1.93. The molecule has 1 N–H and O–H groups in total. The number of hydrogen-bond acceptors (Lipinski definition) is 3. The minimum absolute atomic E-state index is 0.270. The van der Waals surface area contributed by atoms with Crippen LogP contribution in [0.1, 0.15) is 0 Å². The highest BCUT2D eigenvalue weighted by Crippen LogP contribution is 2.23. The number of aromatic amines is 1. The van der Waals surface area contributed by atoms with Crippen molar-refractivity contribution >= 4 is 0 Å². The second-order valence-corrected chi connectivity index (χ2v) is 3.14. The molecule has 0 saturated heterocycles. The van der Waals surface area contributed by atoms with Crippen molar-refractivity contribution in [3.63, 3.8) is 0 Å². The molecule has 0 unspecified atom stereocenters. The number of nitrogens with one attached hydrogen (secondary N) is 1. The maximum atomic E-state index is 13.6. The van der Waals surface area contributed by atoms with Gasteiger partial charge in [-0.3, -0.25) is 4.79 Å². The fraction of sp³-hybridized carbons (Fsp3) is 0.0909. The molecule has 0 aliphatic carbocycles. The van der Waals surface area contributed by atoms with Crippen molar-refractivity contribution in [2.75, 3.05) is 7.11 Å². The molecule has 1 heterocycles. The molecule has 0 radical (unpaired) electrons. The molecule has 0 bridgehead atoms. The first-order valence-electron chi connectivity index (χ1n) is 4.59. The first kappa shape index (κ1) is 10.4. The normalized spacial score (nSPS) is 10.1. The molecule has 0 spiro atoms. The Morgan fingerprint density at radius 1 is 1.38 bits per heavy atom. The highest BCUT2D eigenvalue weighted by atomic mass is 19.1. The third-order valence-corrected chi connectivity index (χ3v) is 2.13. The number of ether oxygens (including phenoxy) is 1. The zero-order valence-corrected chi connectivity index (χ0v) is 8.53. The van der Waals surface area contributed by atoms with Gasteiger partial charge >= 0.3 is 0 Å². The maximum Gasteiger partial charge on any atom is 0.251 e. The van der Waals surface area contributed by atoms with Gasteiger partial charge in [0.05, 0.1) is 19.1 Å². The SMILES string of the molecule is COc1ccc(-c2cc(=O)[nH]cn2)c(F)c1. The first-order valence-corrected chi connectivity index (χ1v) is 4.59. The van der Waals surface area contributed by atoms with Crippen LogP contribution in [0.25, 0.3) is 11.3 Å². The topological polar surface area (TPSA) is 55.0 Å². The van der Waals surface area contributed by atoms with E-state index < -0.39 is 5.82 Å². The summed E-state index contributed by atoms with van der Waals surface area (Å²) < 4.78 is 18.5. The van der Waals surface area contributed by atoms with Gasteiger partial charge in [-0.15, -0.1) is 0 Å². The zero-order chi connectivity index (χ0) is 11.5. The number of nitrogens with zero attached hydrogens (tertiary/aromatic N) is 1. The van der Waals surface area contributed by atoms with Gasteiger partial charge in [-0.1, -0.05) is 0 Å². The van der Waals surface area contributed by atoms with E-state index in [-0.39, 0.29) is 11.1 Å². The average Bonchev–Trinajstić information content (AvgIpc) is 2.28. The predicted molar refractivity (Wildman–Crippen MR) is 56.8 cm³/mol. The Morgan fingerprint density at radius 3 is 2.81 bits per heavy atom. The van der Waals surface area contributed by atoms with Gasteiger partial charge in [0.2, 0.25) is 0 Å². The predicted octanol–water partition coefficient (Wildman–Crippen LogP) is 1.58. The Bertz CT molecular complexity index is 566. The summed E-state index contributed by atoms with van der Waals surface area (Å²) >= 11 is 0. The van der Waals surface area contributed by atoms with Crippen molar-refractivity contribution < 1.29 is 9.13 Å². The quantitative estimate of drug-likeness (QED) is 0.836. The van der Waals surface area contributed by atoms with Gasteiger partial charge in [0.1, 0.15) is 11.6 Å². The second kappa shape index (κ2) is 4.14. The number of aromatic nitrogens is 2. The van der Waals surface area contributed by atoms with Gasteiger partial charge in [-0.05, 0) is 12.1 Å². The van der Waals surface area contributed by atoms with Crippen molar-refractivity contribution in [2.45, 2.75) is 0 Å². The van der Waals surface area contributed by atoms with E-state index in [1.807, 2.05) is 0 Å². The summed E-state index contributed by atoms with van der Waals surface area (Å²) in [5, 5.41) is 0. The van der Waals surface area contributed by atoms with Crippen LogP contribution in [-0.2, 0) is 0 Å². The molecule has 2 aromatic rings. The Hall–Kier alpha value is -2.17. The molecule has 0 atom stereocenters. The smallest absolute Gasteiger partial charge is 0.251 e. The van der Waals surface area contributed by atoms with E-state index in [2.05, 4.69) is 9.97 Å². The molecular weight excluding hydrogens is 211 g/mol. The Kier molecular flexibility index (Phi) is 2.68. The minimum atomic E-state index is -0.475. The number of methoxy groups -OCH3 is 1. The first-order chi connectivity index (χ1) is 7.70.